The van der Waals surface area contributed by atoms with Gasteiger partial charge in [-0.25, -0.2) is 0 Å². The molecule has 11 heteroatoms. The molecule has 0 unspecified atom stereocenters. The van der Waals surface area contributed by atoms with Gasteiger partial charge in [0.2, 0.25) is 0 Å². The number of nitrogens with zero attached hydrogens (tertiary/aromatic N) is 2. The first-order valence-electron chi connectivity index (χ1n) is 8.43. The molecule has 1 rings (SSSR count). The summed E-state index contributed by atoms with van der Waals surface area (Å²) in [7, 11) is 0. The lowest BCUT2D eigenvalue weighted by atomic mass is 10.2. The molecule has 0 saturated carbocycles. The average Bonchev–Trinajstić information content (AvgIpc) is 2.63. The van der Waals surface area contributed by atoms with Crippen LogP contribution in [-0.4, -0.2) is 55.4 Å². The predicted molar refractivity (Wildman–Crippen MR) is 95.7 cm³/mol. The Balaban J connectivity index is 2.17. The van der Waals surface area contributed by atoms with Crippen molar-refractivity contribution < 1.29 is 28.9 Å². The minimum atomic E-state index is -0.690. The summed E-state index contributed by atoms with van der Waals surface area (Å²) >= 11 is 0. The van der Waals surface area contributed by atoms with E-state index in [2.05, 4.69) is 5.32 Å². The van der Waals surface area contributed by atoms with Gasteiger partial charge in [-0.1, -0.05) is 6.92 Å². The Kier molecular flexibility index (Phi) is 10.3. The van der Waals surface area contributed by atoms with Crippen LogP contribution in [-0.2, 0) is 19.0 Å². The van der Waals surface area contributed by atoms with Gasteiger partial charge in [-0.3, -0.25) is 25.0 Å². The molecule has 0 spiro atoms. The van der Waals surface area contributed by atoms with Crippen LogP contribution in [0, 0.1) is 20.2 Å². The van der Waals surface area contributed by atoms with Crippen LogP contribution >= 0.6 is 0 Å². The largest absolute Gasteiger partial charge is 0.463 e. The van der Waals surface area contributed by atoms with Crippen molar-refractivity contribution >= 4 is 23.0 Å². The molecule has 0 radical (unpaired) electrons. The van der Waals surface area contributed by atoms with E-state index in [1.54, 1.807) is 0 Å². The third-order valence-corrected chi connectivity index (χ3v) is 3.27. The smallest absolute Gasteiger partial charge is 0.305 e. The number of benzene rings is 1. The van der Waals surface area contributed by atoms with Gasteiger partial charge in [0, 0.05) is 19.0 Å². The lowest BCUT2D eigenvalue weighted by molar-refractivity contribution is -0.393. The van der Waals surface area contributed by atoms with Gasteiger partial charge in [-0.15, -0.1) is 0 Å². The first kappa shape index (κ1) is 22.3. The maximum Gasteiger partial charge on any atom is 0.305 e. The molecule has 0 aliphatic rings. The normalized spacial score (nSPS) is 10.4. The van der Waals surface area contributed by atoms with E-state index in [0.29, 0.717) is 19.6 Å². The fourth-order valence-corrected chi connectivity index (χ4v) is 2.00. The predicted octanol–water partition coefficient (Wildman–Crippen LogP) is 2.29. The molecule has 0 aliphatic carbocycles. The molecule has 11 nitrogen and oxygen atoms in total. The maximum atomic E-state index is 11.1. The molecule has 1 N–H and O–H groups in total. The molecular weight excluding hydrogens is 362 g/mol. The van der Waals surface area contributed by atoms with E-state index in [-0.39, 0.29) is 49.4 Å². The molecule has 0 aromatic heterocycles. The molecule has 1 aromatic carbocycles. The van der Waals surface area contributed by atoms with E-state index in [1.165, 1.54) is 12.1 Å². The molecule has 27 heavy (non-hydrogen) atoms. The lowest BCUT2D eigenvalue weighted by Gasteiger charge is -2.09. The number of rotatable bonds is 14. The molecule has 0 atom stereocenters. The first-order chi connectivity index (χ1) is 13.0. The van der Waals surface area contributed by atoms with Crippen LogP contribution in [0.1, 0.15) is 19.8 Å². The molecule has 0 heterocycles. The zero-order chi connectivity index (χ0) is 20.1. The van der Waals surface area contributed by atoms with E-state index in [4.69, 9.17) is 14.2 Å². The van der Waals surface area contributed by atoms with Crippen LogP contribution in [0.5, 0.6) is 0 Å². The van der Waals surface area contributed by atoms with E-state index in [1.807, 2.05) is 6.92 Å². The van der Waals surface area contributed by atoms with Crippen LogP contribution in [0.2, 0.25) is 0 Å². The van der Waals surface area contributed by atoms with Crippen molar-refractivity contribution in [3.8, 4) is 0 Å². The Hall–Kier alpha value is -2.79. The Labute approximate surface area is 155 Å². The average molecular weight is 385 g/mol. The van der Waals surface area contributed by atoms with Crippen molar-refractivity contribution in [2.24, 2.45) is 0 Å². The first-order valence-corrected chi connectivity index (χ1v) is 8.43. The minimum Gasteiger partial charge on any atom is -0.463 e. The van der Waals surface area contributed by atoms with Gasteiger partial charge in [0.15, 0.2) is 0 Å². The number of anilines is 1. The van der Waals surface area contributed by atoms with Gasteiger partial charge < -0.3 is 19.5 Å². The Morgan fingerprint density at radius 1 is 1.04 bits per heavy atom. The van der Waals surface area contributed by atoms with E-state index in [0.717, 1.165) is 12.5 Å². The van der Waals surface area contributed by atoms with Gasteiger partial charge in [0.05, 0.1) is 42.3 Å². The zero-order valence-corrected chi connectivity index (χ0v) is 15.0. The van der Waals surface area contributed by atoms with E-state index >= 15 is 0 Å². The van der Waals surface area contributed by atoms with Gasteiger partial charge in [-0.2, -0.15) is 0 Å². The van der Waals surface area contributed by atoms with Gasteiger partial charge in [0.1, 0.15) is 12.3 Å². The van der Waals surface area contributed by atoms with Crippen LogP contribution in [0.4, 0.5) is 17.1 Å². The summed E-state index contributed by atoms with van der Waals surface area (Å²) in [5.74, 6) is -0.247. The van der Waals surface area contributed by atoms with Crippen molar-refractivity contribution in [3.63, 3.8) is 0 Å². The minimum absolute atomic E-state index is 0.180. The summed E-state index contributed by atoms with van der Waals surface area (Å²) in [6.45, 7) is 3.56. The standard InChI is InChI=1S/C16H23N3O8/c1-2-3-16(20)27-11-10-26-9-8-25-7-6-17-14-5-4-13(18(21)22)12-15(14)19(23)24/h4-5,12,17H,2-3,6-11H2,1H3. The molecule has 0 saturated heterocycles. The van der Waals surface area contributed by atoms with Crippen LogP contribution in [0.3, 0.4) is 0 Å². The van der Waals surface area contributed by atoms with Crippen molar-refractivity contribution in [1.82, 2.24) is 0 Å². The number of hydrogen-bond donors (Lipinski definition) is 1. The van der Waals surface area contributed by atoms with Gasteiger partial charge in [0.25, 0.3) is 11.4 Å². The van der Waals surface area contributed by atoms with Crippen LogP contribution in [0.25, 0.3) is 0 Å². The van der Waals surface area contributed by atoms with Crippen molar-refractivity contribution in [2.75, 3.05) is 44.9 Å². The number of nitro benzene ring substituents is 2. The highest BCUT2D eigenvalue weighted by atomic mass is 16.6. The van der Waals surface area contributed by atoms with E-state index in [9.17, 15) is 25.0 Å². The van der Waals surface area contributed by atoms with Crippen LogP contribution in [0.15, 0.2) is 18.2 Å². The molecule has 1 aromatic rings. The second-order valence-corrected chi connectivity index (χ2v) is 5.34. The highest BCUT2D eigenvalue weighted by Crippen LogP contribution is 2.28. The molecular formula is C16H23N3O8. The number of hydrogen-bond acceptors (Lipinski definition) is 9. The number of non-ortho nitro benzene ring substituents is 1. The third-order valence-electron chi connectivity index (χ3n) is 3.27. The number of nitro groups is 2. The molecule has 0 amide bonds. The fourth-order valence-electron chi connectivity index (χ4n) is 2.00. The van der Waals surface area contributed by atoms with Crippen molar-refractivity contribution in [1.29, 1.82) is 0 Å². The lowest BCUT2D eigenvalue weighted by Crippen LogP contribution is -2.15. The highest BCUT2D eigenvalue weighted by Gasteiger charge is 2.18. The quantitative estimate of drug-likeness (QED) is 0.221. The second-order valence-electron chi connectivity index (χ2n) is 5.34. The zero-order valence-electron chi connectivity index (χ0n) is 15.0. The molecule has 0 bridgehead atoms. The van der Waals surface area contributed by atoms with Crippen molar-refractivity contribution in [2.45, 2.75) is 19.8 Å². The Morgan fingerprint density at radius 3 is 2.33 bits per heavy atom. The van der Waals surface area contributed by atoms with Gasteiger partial charge in [-0.05, 0) is 12.5 Å². The molecule has 150 valence electrons. The van der Waals surface area contributed by atoms with Crippen molar-refractivity contribution in [3.05, 3.63) is 38.4 Å². The molecule has 0 fully saturated rings. The summed E-state index contributed by atoms with van der Waals surface area (Å²) in [5, 5.41) is 24.5. The number of ether oxygens (including phenoxy) is 3. The number of carbonyl (C=O) groups excluding carboxylic acids is 1. The highest BCUT2D eigenvalue weighted by molar-refractivity contribution is 5.69. The van der Waals surface area contributed by atoms with Crippen LogP contribution < -0.4 is 5.32 Å². The number of carbonyl (C=O) groups is 1. The topological polar surface area (TPSA) is 143 Å². The monoisotopic (exact) mass is 385 g/mol. The fraction of sp³-hybridized carbons (Fsp3) is 0.562. The third kappa shape index (κ3) is 8.92. The van der Waals surface area contributed by atoms with E-state index < -0.39 is 9.85 Å². The number of nitrogens with one attached hydrogen (secondary N) is 1. The Morgan fingerprint density at radius 2 is 1.70 bits per heavy atom. The number of esters is 1. The maximum absolute atomic E-state index is 11.1. The van der Waals surface area contributed by atoms with Gasteiger partial charge >= 0.3 is 5.97 Å². The molecule has 0 aliphatic heterocycles. The Bertz CT molecular complexity index is 638. The SMILES string of the molecule is CCCC(=O)OCCOCCOCCNc1ccc([N+](=O)[O-])cc1[N+](=O)[O-]. The summed E-state index contributed by atoms with van der Waals surface area (Å²) in [5.41, 5.74) is -0.537. The summed E-state index contributed by atoms with van der Waals surface area (Å²) in [4.78, 5) is 31.4. The summed E-state index contributed by atoms with van der Waals surface area (Å²) in [6.07, 6.45) is 1.13. The summed E-state index contributed by atoms with van der Waals surface area (Å²) in [6, 6.07) is 3.39. The second kappa shape index (κ2) is 12.5. The summed E-state index contributed by atoms with van der Waals surface area (Å²) < 4.78 is 15.5.